The molecule has 1 heterocycles. The molecule has 0 aliphatic carbocycles. The van der Waals surface area contributed by atoms with Crippen molar-refractivity contribution in [2.45, 2.75) is 6.61 Å². The number of amides is 1. The second-order valence-electron chi connectivity index (χ2n) is 4.32. The number of alkyl carbamates (subject to hydrolysis) is 1. The van der Waals surface area contributed by atoms with Crippen LogP contribution in [0.1, 0.15) is 11.1 Å². The summed E-state index contributed by atoms with van der Waals surface area (Å²) in [5.74, 6) is 5.55. The van der Waals surface area contributed by atoms with Gasteiger partial charge >= 0.3 is 6.09 Å². The predicted octanol–water partition coefficient (Wildman–Crippen LogP) is 2.60. The van der Waals surface area contributed by atoms with E-state index in [1.807, 2.05) is 30.3 Å². The number of nitrogen functional groups attached to an aromatic ring is 1. The quantitative estimate of drug-likeness (QED) is 0.674. The summed E-state index contributed by atoms with van der Waals surface area (Å²) in [6, 6.07) is 11.0. The Hall–Kier alpha value is -2.71. The zero-order chi connectivity index (χ0) is 15.8. The average Bonchev–Trinajstić information content (AvgIpc) is 2.53. The Kier molecular flexibility index (Phi) is 5.64. The minimum atomic E-state index is -0.532. The van der Waals surface area contributed by atoms with Gasteiger partial charge in [-0.25, -0.2) is 9.78 Å². The van der Waals surface area contributed by atoms with E-state index in [0.717, 1.165) is 5.56 Å². The van der Waals surface area contributed by atoms with Gasteiger partial charge < -0.3 is 15.8 Å². The minimum Gasteiger partial charge on any atom is -0.445 e. The monoisotopic (exact) mass is 315 g/mol. The summed E-state index contributed by atoms with van der Waals surface area (Å²) in [5.41, 5.74) is 7.50. The van der Waals surface area contributed by atoms with Gasteiger partial charge in [-0.1, -0.05) is 53.8 Å². The number of hydrogen-bond donors (Lipinski definition) is 2. The van der Waals surface area contributed by atoms with E-state index in [0.29, 0.717) is 11.3 Å². The number of nitrogens with two attached hydrogens (primary N) is 1. The molecule has 0 aliphatic rings. The van der Waals surface area contributed by atoms with Gasteiger partial charge in [0.2, 0.25) is 0 Å². The van der Waals surface area contributed by atoms with Crippen LogP contribution in [0.25, 0.3) is 0 Å². The zero-order valence-electron chi connectivity index (χ0n) is 11.7. The molecule has 1 amide bonds. The SMILES string of the molecule is Nc1cnc(Cl)c(C#CCNC(=O)OCc2ccccc2)c1. The first-order valence-electron chi connectivity index (χ1n) is 6.49. The number of rotatable bonds is 3. The van der Waals surface area contributed by atoms with Gasteiger partial charge in [0, 0.05) is 0 Å². The molecule has 3 N–H and O–H groups in total. The van der Waals surface area contributed by atoms with Gasteiger partial charge in [-0.3, -0.25) is 0 Å². The number of hydrogen-bond acceptors (Lipinski definition) is 4. The van der Waals surface area contributed by atoms with Gasteiger partial charge in [0.25, 0.3) is 0 Å². The maximum atomic E-state index is 11.5. The normalized spacial score (nSPS) is 9.50. The van der Waals surface area contributed by atoms with Crippen molar-refractivity contribution in [3.8, 4) is 11.8 Å². The van der Waals surface area contributed by atoms with Gasteiger partial charge in [0.05, 0.1) is 24.0 Å². The molecular formula is C16H14ClN3O2. The fourth-order valence-electron chi connectivity index (χ4n) is 1.58. The van der Waals surface area contributed by atoms with E-state index in [-0.39, 0.29) is 18.3 Å². The van der Waals surface area contributed by atoms with Crippen LogP contribution in [0, 0.1) is 11.8 Å². The molecule has 0 fully saturated rings. The maximum absolute atomic E-state index is 11.5. The van der Waals surface area contributed by atoms with E-state index in [9.17, 15) is 4.79 Å². The van der Waals surface area contributed by atoms with Crippen molar-refractivity contribution in [3.05, 3.63) is 58.9 Å². The van der Waals surface area contributed by atoms with E-state index >= 15 is 0 Å². The van der Waals surface area contributed by atoms with Crippen LogP contribution in [0.4, 0.5) is 10.5 Å². The number of carbonyl (C=O) groups excluding carboxylic acids is 1. The Labute approximate surface area is 133 Å². The molecule has 6 heteroatoms. The summed E-state index contributed by atoms with van der Waals surface area (Å²) in [6.07, 6.45) is 0.919. The molecule has 2 rings (SSSR count). The molecule has 0 aliphatic heterocycles. The highest BCUT2D eigenvalue weighted by atomic mass is 35.5. The van der Waals surface area contributed by atoms with Gasteiger partial charge in [0.1, 0.15) is 11.8 Å². The van der Waals surface area contributed by atoms with Crippen LogP contribution in [0.3, 0.4) is 0 Å². The smallest absolute Gasteiger partial charge is 0.408 e. The van der Waals surface area contributed by atoms with Gasteiger partial charge in [-0.15, -0.1) is 0 Å². The molecule has 5 nitrogen and oxygen atoms in total. The van der Waals surface area contributed by atoms with Gasteiger partial charge in [-0.2, -0.15) is 0 Å². The number of anilines is 1. The molecule has 0 bridgehead atoms. The number of benzene rings is 1. The van der Waals surface area contributed by atoms with Crippen LogP contribution in [0.15, 0.2) is 42.6 Å². The topological polar surface area (TPSA) is 77.2 Å². The molecule has 2 aromatic rings. The molecule has 0 unspecified atom stereocenters. The zero-order valence-corrected chi connectivity index (χ0v) is 12.4. The highest BCUT2D eigenvalue weighted by Crippen LogP contribution is 2.13. The summed E-state index contributed by atoms with van der Waals surface area (Å²) in [4.78, 5) is 15.4. The number of nitrogens with one attached hydrogen (secondary N) is 1. The molecule has 22 heavy (non-hydrogen) atoms. The Morgan fingerprint density at radius 2 is 2.14 bits per heavy atom. The largest absolute Gasteiger partial charge is 0.445 e. The molecule has 112 valence electrons. The molecule has 1 aromatic heterocycles. The maximum Gasteiger partial charge on any atom is 0.408 e. The highest BCUT2D eigenvalue weighted by Gasteiger charge is 2.01. The van der Waals surface area contributed by atoms with E-state index in [1.54, 1.807) is 6.07 Å². The van der Waals surface area contributed by atoms with E-state index in [1.165, 1.54) is 6.20 Å². The van der Waals surface area contributed by atoms with E-state index in [4.69, 9.17) is 22.1 Å². The van der Waals surface area contributed by atoms with Crippen molar-refractivity contribution < 1.29 is 9.53 Å². The summed E-state index contributed by atoms with van der Waals surface area (Å²) in [7, 11) is 0. The number of pyridine rings is 1. The highest BCUT2D eigenvalue weighted by molar-refractivity contribution is 6.30. The standard InChI is InChI=1S/C16H14ClN3O2/c17-15-13(9-14(18)10-20-15)7-4-8-19-16(21)22-11-12-5-2-1-3-6-12/h1-3,5-6,9-10H,8,11,18H2,(H,19,21). The fraction of sp³-hybridized carbons (Fsp3) is 0.125. The predicted molar refractivity (Wildman–Crippen MR) is 85.2 cm³/mol. The molecule has 0 saturated heterocycles. The molecule has 0 saturated carbocycles. The number of carbonyl (C=O) groups is 1. The molecular weight excluding hydrogens is 302 g/mol. The van der Waals surface area contributed by atoms with Crippen LogP contribution < -0.4 is 11.1 Å². The average molecular weight is 316 g/mol. The van der Waals surface area contributed by atoms with Crippen LogP contribution in [0.5, 0.6) is 0 Å². The summed E-state index contributed by atoms with van der Waals surface area (Å²) in [5, 5.41) is 2.80. The Balaban J connectivity index is 1.78. The third-order valence-corrected chi connectivity index (χ3v) is 2.92. The van der Waals surface area contributed by atoms with Crippen molar-refractivity contribution in [1.82, 2.24) is 10.3 Å². The van der Waals surface area contributed by atoms with Crippen molar-refractivity contribution in [2.75, 3.05) is 12.3 Å². The molecule has 0 atom stereocenters. The summed E-state index contributed by atoms with van der Waals surface area (Å²) in [6.45, 7) is 0.351. The van der Waals surface area contributed by atoms with E-state index < -0.39 is 6.09 Å². The van der Waals surface area contributed by atoms with Crippen LogP contribution in [0.2, 0.25) is 5.15 Å². The van der Waals surface area contributed by atoms with Gasteiger partial charge in [0.15, 0.2) is 0 Å². The number of nitrogens with zero attached hydrogens (tertiary/aromatic N) is 1. The minimum absolute atomic E-state index is 0.138. The first-order chi connectivity index (χ1) is 10.6. The summed E-state index contributed by atoms with van der Waals surface area (Å²) < 4.78 is 5.05. The third-order valence-electron chi connectivity index (χ3n) is 2.62. The lowest BCUT2D eigenvalue weighted by Crippen LogP contribution is -2.24. The molecule has 0 radical (unpaired) electrons. The van der Waals surface area contributed by atoms with E-state index in [2.05, 4.69) is 22.1 Å². The lowest BCUT2D eigenvalue weighted by atomic mass is 10.2. The number of aromatic nitrogens is 1. The Morgan fingerprint density at radius 1 is 1.36 bits per heavy atom. The van der Waals surface area contributed by atoms with Gasteiger partial charge in [-0.05, 0) is 11.6 Å². The lowest BCUT2D eigenvalue weighted by molar-refractivity contribution is 0.141. The Morgan fingerprint density at radius 3 is 2.91 bits per heavy atom. The molecule has 0 spiro atoms. The number of halogens is 1. The summed E-state index contributed by atoms with van der Waals surface area (Å²) >= 11 is 5.87. The van der Waals surface area contributed by atoms with Crippen molar-refractivity contribution >= 4 is 23.4 Å². The Bertz CT molecular complexity index is 708. The third kappa shape index (κ3) is 5.00. The second kappa shape index (κ2) is 7.91. The van der Waals surface area contributed by atoms with Crippen LogP contribution in [-0.2, 0) is 11.3 Å². The number of ether oxygens (including phenoxy) is 1. The van der Waals surface area contributed by atoms with Crippen molar-refractivity contribution in [3.63, 3.8) is 0 Å². The first-order valence-corrected chi connectivity index (χ1v) is 6.87. The fourth-order valence-corrected chi connectivity index (χ4v) is 1.73. The lowest BCUT2D eigenvalue weighted by Gasteiger charge is -2.04. The van der Waals surface area contributed by atoms with Crippen LogP contribution >= 0.6 is 11.6 Å². The van der Waals surface area contributed by atoms with Crippen molar-refractivity contribution in [1.29, 1.82) is 0 Å². The second-order valence-corrected chi connectivity index (χ2v) is 4.68. The van der Waals surface area contributed by atoms with Crippen molar-refractivity contribution in [2.24, 2.45) is 0 Å². The molecule has 1 aromatic carbocycles. The van der Waals surface area contributed by atoms with Crippen LogP contribution in [-0.4, -0.2) is 17.6 Å². The first kappa shape index (κ1) is 15.7.